The number of fused-ring (bicyclic) bond motifs is 1. The van der Waals surface area contributed by atoms with Gasteiger partial charge in [-0.1, -0.05) is 19.9 Å². The van der Waals surface area contributed by atoms with Gasteiger partial charge in [0.1, 0.15) is 0 Å². The van der Waals surface area contributed by atoms with Crippen molar-refractivity contribution in [2.75, 3.05) is 13.1 Å². The molecule has 4 nitrogen and oxygen atoms in total. The van der Waals surface area contributed by atoms with Gasteiger partial charge in [-0.3, -0.25) is 4.79 Å². The summed E-state index contributed by atoms with van der Waals surface area (Å²) in [7, 11) is 0. The molecule has 0 saturated carbocycles. The monoisotopic (exact) mass is 377 g/mol. The van der Waals surface area contributed by atoms with Gasteiger partial charge < -0.3 is 14.9 Å². The lowest BCUT2D eigenvalue weighted by molar-refractivity contribution is 0.460. The first-order valence-corrected chi connectivity index (χ1v) is 10.5. The number of rotatable bonds is 4. The van der Waals surface area contributed by atoms with Crippen LogP contribution in [0.25, 0.3) is 22.2 Å². The van der Waals surface area contributed by atoms with E-state index in [2.05, 4.69) is 42.3 Å². The second-order valence-corrected chi connectivity index (χ2v) is 8.65. The van der Waals surface area contributed by atoms with Crippen molar-refractivity contribution in [3.05, 3.63) is 58.0 Å². The molecule has 1 saturated heterocycles. The fourth-order valence-electron chi connectivity index (χ4n) is 4.52. The van der Waals surface area contributed by atoms with E-state index in [1.54, 1.807) is 6.07 Å². The highest BCUT2D eigenvalue weighted by Crippen LogP contribution is 2.37. The number of pyridine rings is 1. The van der Waals surface area contributed by atoms with Gasteiger partial charge in [-0.25, -0.2) is 0 Å². The Hall–Kier alpha value is -2.33. The smallest absolute Gasteiger partial charge is 0.250 e. The van der Waals surface area contributed by atoms with E-state index >= 15 is 0 Å². The molecular formula is C24H31N3O. The number of hydrogen-bond donors (Lipinski definition) is 2. The summed E-state index contributed by atoms with van der Waals surface area (Å²) < 4.78 is 1.81. The standard InChI is InChI=1S/C24H31N3O/c1-15(2)23-20-13-18(17-9-11-25-12-10-17)5-7-21(20)26-24(23)19-6-8-22(28)27(14-19)16(3)4/h5-8,13-17,25-26H,9-12H2,1-4H3. The Labute approximate surface area is 167 Å². The number of aromatic nitrogens is 2. The normalized spacial score (nSPS) is 15.8. The zero-order valence-electron chi connectivity index (χ0n) is 17.4. The third-order valence-corrected chi connectivity index (χ3v) is 6.03. The van der Waals surface area contributed by atoms with Crippen molar-refractivity contribution < 1.29 is 0 Å². The summed E-state index contributed by atoms with van der Waals surface area (Å²) in [5.41, 5.74) is 6.25. The third kappa shape index (κ3) is 3.42. The van der Waals surface area contributed by atoms with E-state index in [4.69, 9.17) is 0 Å². The van der Waals surface area contributed by atoms with Gasteiger partial charge in [-0.2, -0.15) is 0 Å². The maximum absolute atomic E-state index is 12.2. The first-order valence-electron chi connectivity index (χ1n) is 10.5. The molecule has 28 heavy (non-hydrogen) atoms. The van der Waals surface area contributed by atoms with Gasteiger partial charge in [0, 0.05) is 34.8 Å². The highest BCUT2D eigenvalue weighted by molar-refractivity contribution is 5.91. The van der Waals surface area contributed by atoms with Crippen LogP contribution in [-0.2, 0) is 0 Å². The van der Waals surface area contributed by atoms with Crippen molar-refractivity contribution in [2.45, 2.75) is 58.4 Å². The van der Waals surface area contributed by atoms with Crippen molar-refractivity contribution in [1.82, 2.24) is 14.9 Å². The van der Waals surface area contributed by atoms with Crippen molar-refractivity contribution in [2.24, 2.45) is 0 Å². The van der Waals surface area contributed by atoms with Crippen LogP contribution in [0.1, 0.15) is 69.5 Å². The number of benzene rings is 1. The molecule has 0 amide bonds. The van der Waals surface area contributed by atoms with Gasteiger partial charge in [-0.15, -0.1) is 0 Å². The highest BCUT2D eigenvalue weighted by atomic mass is 16.1. The van der Waals surface area contributed by atoms with Gasteiger partial charge in [0.05, 0.1) is 5.69 Å². The Morgan fingerprint density at radius 2 is 1.79 bits per heavy atom. The van der Waals surface area contributed by atoms with Gasteiger partial charge >= 0.3 is 0 Å². The van der Waals surface area contributed by atoms with E-state index in [1.165, 1.54) is 34.9 Å². The van der Waals surface area contributed by atoms with Crippen LogP contribution in [0.2, 0.25) is 0 Å². The number of nitrogens with zero attached hydrogens (tertiary/aromatic N) is 1. The molecule has 4 rings (SSSR count). The molecule has 0 spiro atoms. The van der Waals surface area contributed by atoms with Crippen LogP contribution in [-0.4, -0.2) is 22.6 Å². The largest absolute Gasteiger partial charge is 0.354 e. The SMILES string of the molecule is CC(C)c1c(-c2ccc(=O)n(C(C)C)c2)[nH]c2ccc(C3CCNCC3)cc12. The van der Waals surface area contributed by atoms with E-state index in [9.17, 15) is 4.79 Å². The zero-order chi connectivity index (χ0) is 19.8. The van der Waals surface area contributed by atoms with Crippen LogP contribution in [0.3, 0.4) is 0 Å². The molecule has 3 aromatic rings. The maximum atomic E-state index is 12.2. The van der Waals surface area contributed by atoms with Crippen LogP contribution in [0.15, 0.2) is 41.3 Å². The minimum atomic E-state index is 0.0501. The molecule has 0 radical (unpaired) electrons. The average Bonchev–Trinajstić information content (AvgIpc) is 3.07. The van der Waals surface area contributed by atoms with Gasteiger partial charge in [0.2, 0.25) is 0 Å². The maximum Gasteiger partial charge on any atom is 0.250 e. The molecule has 0 bridgehead atoms. The number of nitrogens with one attached hydrogen (secondary N) is 2. The summed E-state index contributed by atoms with van der Waals surface area (Å²) >= 11 is 0. The lowest BCUT2D eigenvalue weighted by Gasteiger charge is -2.23. The Bertz CT molecular complexity index is 1040. The molecule has 1 aliphatic rings. The molecule has 1 aromatic carbocycles. The second-order valence-electron chi connectivity index (χ2n) is 8.65. The van der Waals surface area contributed by atoms with E-state index in [0.29, 0.717) is 11.8 Å². The molecule has 3 heterocycles. The molecular weight excluding hydrogens is 346 g/mol. The predicted octanol–water partition coefficient (Wildman–Crippen LogP) is 5.17. The number of piperidine rings is 1. The zero-order valence-corrected chi connectivity index (χ0v) is 17.4. The fourth-order valence-corrected chi connectivity index (χ4v) is 4.52. The van der Waals surface area contributed by atoms with Crippen LogP contribution >= 0.6 is 0 Å². The molecule has 148 valence electrons. The lowest BCUT2D eigenvalue weighted by atomic mass is 9.88. The summed E-state index contributed by atoms with van der Waals surface area (Å²) in [6, 6.07) is 10.7. The van der Waals surface area contributed by atoms with Crippen molar-refractivity contribution in [3.8, 4) is 11.3 Å². The first kappa shape index (κ1) is 19.0. The molecule has 4 heteroatoms. The van der Waals surface area contributed by atoms with Gasteiger partial charge in [0.25, 0.3) is 5.56 Å². The summed E-state index contributed by atoms with van der Waals surface area (Å²) in [5.74, 6) is 1.04. The van der Waals surface area contributed by atoms with Crippen molar-refractivity contribution in [1.29, 1.82) is 0 Å². The van der Waals surface area contributed by atoms with Crippen LogP contribution in [0.4, 0.5) is 0 Å². The summed E-state index contributed by atoms with van der Waals surface area (Å²) in [6.45, 7) is 10.8. The Balaban J connectivity index is 1.86. The van der Waals surface area contributed by atoms with Crippen LogP contribution in [0, 0.1) is 0 Å². The molecule has 1 aliphatic heterocycles. The molecule has 0 atom stereocenters. The molecule has 0 aliphatic carbocycles. The number of aromatic amines is 1. The third-order valence-electron chi connectivity index (χ3n) is 6.03. The van der Waals surface area contributed by atoms with Crippen molar-refractivity contribution in [3.63, 3.8) is 0 Å². The Kier molecular flexibility index (Phi) is 5.15. The minimum Gasteiger partial charge on any atom is -0.354 e. The second kappa shape index (κ2) is 7.59. The highest BCUT2D eigenvalue weighted by Gasteiger charge is 2.20. The topological polar surface area (TPSA) is 49.8 Å². The minimum absolute atomic E-state index is 0.0501. The summed E-state index contributed by atoms with van der Waals surface area (Å²) in [4.78, 5) is 15.9. The lowest BCUT2D eigenvalue weighted by Crippen LogP contribution is -2.26. The van der Waals surface area contributed by atoms with E-state index in [0.717, 1.165) is 24.3 Å². The number of hydrogen-bond acceptors (Lipinski definition) is 2. The fraction of sp³-hybridized carbons (Fsp3) is 0.458. The van der Waals surface area contributed by atoms with Gasteiger partial charge in [0.15, 0.2) is 0 Å². The van der Waals surface area contributed by atoms with E-state index in [1.807, 2.05) is 30.7 Å². The van der Waals surface area contributed by atoms with Crippen LogP contribution < -0.4 is 10.9 Å². The predicted molar refractivity (Wildman–Crippen MR) is 117 cm³/mol. The molecule has 2 aromatic heterocycles. The quantitative estimate of drug-likeness (QED) is 0.659. The molecule has 0 unspecified atom stereocenters. The molecule has 2 N–H and O–H groups in total. The first-order chi connectivity index (χ1) is 13.5. The van der Waals surface area contributed by atoms with Crippen molar-refractivity contribution >= 4 is 10.9 Å². The van der Waals surface area contributed by atoms with Gasteiger partial charge in [-0.05, 0) is 80.9 Å². The average molecular weight is 378 g/mol. The van der Waals surface area contributed by atoms with E-state index < -0.39 is 0 Å². The molecule has 1 fully saturated rings. The van der Waals surface area contributed by atoms with E-state index in [-0.39, 0.29) is 11.6 Å². The van der Waals surface area contributed by atoms with Crippen LogP contribution in [0.5, 0.6) is 0 Å². The Morgan fingerprint density at radius 3 is 2.46 bits per heavy atom. The Morgan fingerprint density at radius 1 is 1.04 bits per heavy atom. The summed E-state index contributed by atoms with van der Waals surface area (Å²) in [6.07, 6.45) is 4.41. The number of H-pyrrole nitrogens is 1. The summed E-state index contributed by atoms with van der Waals surface area (Å²) in [5, 5.41) is 4.78.